The maximum atomic E-state index is 12.8. The minimum atomic E-state index is -3.79. The van der Waals surface area contributed by atoms with Gasteiger partial charge in [0.05, 0.1) is 15.9 Å². The summed E-state index contributed by atoms with van der Waals surface area (Å²) in [5.41, 5.74) is -0.245. The summed E-state index contributed by atoms with van der Waals surface area (Å²) in [6.45, 7) is 7.46. The van der Waals surface area contributed by atoms with Crippen LogP contribution in [0, 0.1) is 10.1 Å². The van der Waals surface area contributed by atoms with Gasteiger partial charge in [0.25, 0.3) is 5.69 Å². The Hall–Kier alpha value is -2.37. The van der Waals surface area contributed by atoms with Gasteiger partial charge in [-0.25, -0.2) is 8.42 Å². The largest absolute Gasteiger partial charge is 0.338 e. The monoisotopic (exact) mass is 409 g/mol. The van der Waals surface area contributed by atoms with E-state index < -0.39 is 14.9 Å². The van der Waals surface area contributed by atoms with Gasteiger partial charge in [-0.05, 0) is 13.0 Å². The molecule has 1 fully saturated rings. The van der Waals surface area contributed by atoms with Gasteiger partial charge >= 0.3 is 0 Å². The van der Waals surface area contributed by atoms with Gasteiger partial charge in [0.2, 0.25) is 15.9 Å². The zero-order chi connectivity index (χ0) is 20.5. The van der Waals surface area contributed by atoms with E-state index in [0.717, 1.165) is 6.07 Å². The van der Waals surface area contributed by atoms with Gasteiger partial charge in [-0.1, -0.05) is 25.1 Å². The smallest absolute Gasteiger partial charge is 0.270 e. The summed E-state index contributed by atoms with van der Waals surface area (Å²) in [6, 6.07) is 5.00. The van der Waals surface area contributed by atoms with E-state index in [9.17, 15) is 18.5 Å². The van der Waals surface area contributed by atoms with Gasteiger partial charge in [-0.15, -0.1) is 0 Å². The van der Waals surface area contributed by atoms with Gasteiger partial charge in [0, 0.05) is 44.2 Å². The summed E-state index contributed by atoms with van der Waals surface area (Å²) in [6.07, 6.45) is 0. The van der Waals surface area contributed by atoms with Crippen molar-refractivity contribution in [2.45, 2.75) is 37.6 Å². The molecule has 1 unspecified atom stereocenters. The van der Waals surface area contributed by atoms with Gasteiger partial charge in [-0.2, -0.15) is 9.29 Å². The number of nitro groups is 1. The average Bonchev–Trinajstić information content (AvgIpc) is 3.18. The molecule has 28 heavy (non-hydrogen) atoms. The number of piperazine rings is 1. The normalized spacial score (nSPS) is 17.7. The van der Waals surface area contributed by atoms with Crippen molar-refractivity contribution in [2.24, 2.45) is 0 Å². The molecule has 0 radical (unpaired) electrons. The zero-order valence-corrected chi connectivity index (χ0v) is 16.8. The van der Waals surface area contributed by atoms with Gasteiger partial charge in [0.15, 0.2) is 5.82 Å². The lowest BCUT2D eigenvalue weighted by molar-refractivity contribution is -0.385. The first-order valence-electron chi connectivity index (χ1n) is 9.02. The van der Waals surface area contributed by atoms with E-state index in [-0.39, 0.29) is 35.6 Å². The summed E-state index contributed by atoms with van der Waals surface area (Å²) in [5.74, 6) is 1.33. The van der Waals surface area contributed by atoms with Crippen LogP contribution >= 0.6 is 0 Å². The molecule has 1 saturated heterocycles. The van der Waals surface area contributed by atoms with Crippen LogP contribution in [0.2, 0.25) is 0 Å². The maximum Gasteiger partial charge on any atom is 0.270 e. The number of benzene rings is 1. The van der Waals surface area contributed by atoms with Crippen molar-refractivity contribution < 1.29 is 17.9 Å². The fourth-order valence-corrected chi connectivity index (χ4v) is 4.51. The molecule has 11 heteroatoms. The molecule has 1 aromatic carbocycles. The molecular weight excluding hydrogens is 386 g/mol. The van der Waals surface area contributed by atoms with E-state index >= 15 is 0 Å². The maximum absolute atomic E-state index is 12.8. The topological polar surface area (TPSA) is 123 Å². The minimum Gasteiger partial charge on any atom is -0.338 e. The fraction of sp³-hybridized carbons (Fsp3) is 0.529. The molecule has 1 aliphatic rings. The number of hydrogen-bond donors (Lipinski definition) is 0. The Morgan fingerprint density at radius 3 is 2.43 bits per heavy atom. The Labute approximate surface area is 163 Å². The fourth-order valence-electron chi connectivity index (χ4n) is 3.05. The summed E-state index contributed by atoms with van der Waals surface area (Å²) in [7, 11) is -3.79. The number of sulfonamides is 1. The number of rotatable bonds is 6. The predicted molar refractivity (Wildman–Crippen MR) is 100 cm³/mol. The predicted octanol–water partition coefficient (Wildman–Crippen LogP) is 2.17. The highest BCUT2D eigenvalue weighted by atomic mass is 32.2. The van der Waals surface area contributed by atoms with Crippen LogP contribution in [0.15, 0.2) is 33.7 Å². The highest BCUT2D eigenvalue weighted by Crippen LogP contribution is 2.25. The molecule has 0 N–H and O–H groups in total. The van der Waals surface area contributed by atoms with Crippen molar-refractivity contribution in [1.29, 1.82) is 0 Å². The minimum absolute atomic E-state index is 0.0679. The lowest BCUT2D eigenvalue weighted by Gasteiger charge is -2.36. The molecule has 2 heterocycles. The van der Waals surface area contributed by atoms with Crippen LogP contribution in [0.5, 0.6) is 0 Å². The summed E-state index contributed by atoms with van der Waals surface area (Å²) < 4.78 is 32.4. The number of nitro benzene ring substituents is 1. The van der Waals surface area contributed by atoms with Crippen LogP contribution < -0.4 is 0 Å². The second-order valence-electron chi connectivity index (χ2n) is 7.02. The van der Waals surface area contributed by atoms with E-state index in [0.29, 0.717) is 24.8 Å². The number of non-ortho nitro benzene ring substituents is 1. The molecule has 3 rings (SSSR count). The van der Waals surface area contributed by atoms with Crippen LogP contribution in [0.3, 0.4) is 0 Å². The highest BCUT2D eigenvalue weighted by Gasteiger charge is 2.32. The standard InChI is InChI=1S/C17H23N5O5S/c1-12(2)16-18-17(27-19-16)13(3)20-7-9-21(10-8-20)28(25,26)15-6-4-5-14(11-15)22(23)24/h4-6,11-13H,7-10H2,1-3H3. The van der Waals surface area contributed by atoms with Gasteiger partial charge in [-0.3, -0.25) is 15.0 Å². The van der Waals surface area contributed by atoms with Crippen LogP contribution in [-0.2, 0) is 10.0 Å². The first kappa shape index (κ1) is 20.4. The van der Waals surface area contributed by atoms with E-state index in [2.05, 4.69) is 15.0 Å². The zero-order valence-electron chi connectivity index (χ0n) is 16.0. The summed E-state index contributed by atoms with van der Waals surface area (Å²) in [5, 5.41) is 14.9. The molecular formula is C17H23N5O5S. The molecule has 1 atom stereocenters. The Kier molecular flexibility index (Phi) is 5.77. The third-order valence-electron chi connectivity index (χ3n) is 4.82. The number of aromatic nitrogens is 2. The molecule has 152 valence electrons. The second-order valence-corrected chi connectivity index (χ2v) is 8.95. The SMILES string of the molecule is CC(C)c1noc(C(C)N2CCN(S(=O)(=O)c3cccc([N+](=O)[O-])c3)CC2)n1. The van der Waals surface area contributed by atoms with Crippen molar-refractivity contribution in [3.63, 3.8) is 0 Å². The molecule has 1 aromatic heterocycles. The van der Waals surface area contributed by atoms with Crippen LogP contribution in [0.25, 0.3) is 0 Å². The Bertz CT molecular complexity index is 950. The van der Waals surface area contributed by atoms with Gasteiger partial charge in [0.1, 0.15) is 0 Å². The Morgan fingerprint density at radius 2 is 1.86 bits per heavy atom. The molecule has 0 amide bonds. The third-order valence-corrected chi connectivity index (χ3v) is 6.71. The summed E-state index contributed by atoms with van der Waals surface area (Å²) >= 11 is 0. The van der Waals surface area contributed by atoms with E-state index in [1.807, 2.05) is 20.8 Å². The van der Waals surface area contributed by atoms with Crippen LogP contribution in [0.1, 0.15) is 44.4 Å². The Balaban J connectivity index is 1.68. The molecule has 10 nitrogen and oxygen atoms in total. The lowest BCUT2D eigenvalue weighted by Crippen LogP contribution is -2.49. The molecule has 0 aliphatic carbocycles. The first-order chi connectivity index (χ1) is 13.2. The van der Waals surface area contributed by atoms with Crippen LogP contribution in [-0.4, -0.2) is 58.9 Å². The highest BCUT2D eigenvalue weighted by molar-refractivity contribution is 7.89. The first-order valence-corrected chi connectivity index (χ1v) is 10.5. The average molecular weight is 409 g/mol. The number of hydrogen-bond acceptors (Lipinski definition) is 8. The van der Waals surface area contributed by atoms with Crippen molar-refractivity contribution in [3.05, 3.63) is 46.1 Å². The van der Waals surface area contributed by atoms with Gasteiger partial charge < -0.3 is 4.52 Å². The molecule has 1 aliphatic heterocycles. The van der Waals surface area contributed by atoms with E-state index in [4.69, 9.17) is 4.52 Å². The molecule has 0 bridgehead atoms. The van der Waals surface area contributed by atoms with Crippen molar-refractivity contribution >= 4 is 15.7 Å². The van der Waals surface area contributed by atoms with Crippen molar-refractivity contribution in [2.75, 3.05) is 26.2 Å². The third kappa shape index (κ3) is 4.05. The van der Waals surface area contributed by atoms with Crippen molar-refractivity contribution in [3.8, 4) is 0 Å². The lowest BCUT2D eigenvalue weighted by atomic mass is 10.2. The Morgan fingerprint density at radius 1 is 1.18 bits per heavy atom. The van der Waals surface area contributed by atoms with Crippen LogP contribution in [0.4, 0.5) is 5.69 Å². The quantitative estimate of drug-likeness (QED) is 0.525. The molecule has 0 spiro atoms. The summed E-state index contributed by atoms with van der Waals surface area (Å²) in [4.78, 5) is 16.7. The molecule has 0 saturated carbocycles. The number of nitrogens with zero attached hydrogens (tertiary/aromatic N) is 5. The van der Waals surface area contributed by atoms with Crippen molar-refractivity contribution in [1.82, 2.24) is 19.3 Å². The van der Waals surface area contributed by atoms with E-state index in [1.165, 1.54) is 22.5 Å². The second kappa shape index (κ2) is 7.94. The molecule has 2 aromatic rings. The van der Waals surface area contributed by atoms with E-state index in [1.54, 1.807) is 0 Å².